The van der Waals surface area contributed by atoms with Crippen LogP contribution in [-0.2, 0) is 22.7 Å². The Hall–Kier alpha value is -2.85. The van der Waals surface area contributed by atoms with Crippen molar-refractivity contribution in [2.24, 2.45) is 0 Å². The molecule has 8 nitrogen and oxygen atoms in total. The van der Waals surface area contributed by atoms with Gasteiger partial charge in [0.25, 0.3) is 0 Å². The van der Waals surface area contributed by atoms with Crippen molar-refractivity contribution in [3.8, 4) is 5.75 Å². The summed E-state index contributed by atoms with van der Waals surface area (Å²) in [6.45, 7) is 6.83. The summed E-state index contributed by atoms with van der Waals surface area (Å²) in [5.41, 5.74) is 0.375. The van der Waals surface area contributed by atoms with Crippen molar-refractivity contribution < 1.29 is 19.1 Å². The quantitative estimate of drug-likeness (QED) is 0.359. The fourth-order valence-electron chi connectivity index (χ4n) is 2.78. The fraction of sp³-hybridized carbons (Fsp3) is 0.333. The number of aryl methyl sites for hydroxylation is 1. The summed E-state index contributed by atoms with van der Waals surface area (Å²) < 4.78 is 12.7. The summed E-state index contributed by atoms with van der Waals surface area (Å²) in [6.07, 6.45) is 0. The highest BCUT2D eigenvalue weighted by Gasteiger charge is 2.19. The van der Waals surface area contributed by atoms with Crippen LogP contribution in [0.3, 0.4) is 0 Å². The number of thiophene rings is 1. The highest BCUT2D eigenvalue weighted by molar-refractivity contribution is 7.99. The predicted molar refractivity (Wildman–Crippen MR) is 121 cm³/mol. The Morgan fingerprint density at radius 1 is 1.19 bits per heavy atom. The number of anilines is 1. The zero-order chi connectivity index (χ0) is 22.2. The molecule has 0 radical (unpaired) electrons. The van der Waals surface area contributed by atoms with E-state index in [1.165, 1.54) is 23.1 Å². The molecule has 0 fully saturated rings. The zero-order valence-corrected chi connectivity index (χ0v) is 19.2. The molecule has 0 bridgehead atoms. The van der Waals surface area contributed by atoms with Crippen molar-refractivity contribution in [1.82, 2.24) is 14.8 Å². The first-order valence-corrected chi connectivity index (χ1v) is 11.6. The molecule has 3 rings (SSSR count). The molecule has 0 spiro atoms. The summed E-state index contributed by atoms with van der Waals surface area (Å²) in [5.74, 6) is 0.906. The van der Waals surface area contributed by atoms with Crippen LogP contribution < -0.4 is 10.1 Å². The maximum atomic E-state index is 12.5. The molecular weight excluding hydrogens is 436 g/mol. The van der Waals surface area contributed by atoms with Gasteiger partial charge in [0.15, 0.2) is 11.0 Å². The average Bonchev–Trinajstić information content (AvgIpc) is 3.34. The topological polar surface area (TPSA) is 95.3 Å². The number of ether oxygens (including phenoxy) is 2. The Labute approximate surface area is 189 Å². The first-order chi connectivity index (χ1) is 15.0. The number of amides is 1. The van der Waals surface area contributed by atoms with Crippen LogP contribution in [0.1, 0.15) is 34.9 Å². The Kier molecular flexibility index (Phi) is 8.07. The van der Waals surface area contributed by atoms with E-state index in [0.29, 0.717) is 28.1 Å². The van der Waals surface area contributed by atoms with E-state index in [9.17, 15) is 9.59 Å². The van der Waals surface area contributed by atoms with Crippen LogP contribution in [0.4, 0.5) is 5.00 Å². The number of thioether (sulfide) groups is 1. The van der Waals surface area contributed by atoms with E-state index < -0.39 is 5.97 Å². The number of nitrogens with zero attached hydrogens (tertiary/aromatic N) is 3. The molecule has 31 heavy (non-hydrogen) atoms. The summed E-state index contributed by atoms with van der Waals surface area (Å²) in [7, 11) is 0. The van der Waals surface area contributed by atoms with E-state index in [1.54, 1.807) is 13.0 Å². The van der Waals surface area contributed by atoms with Gasteiger partial charge in [0.05, 0.1) is 17.9 Å². The Morgan fingerprint density at radius 3 is 2.68 bits per heavy atom. The van der Waals surface area contributed by atoms with Gasteiger partial charge in [-0.2, -0.15) is 0 Å². The van der Waals surface area contributed by atoms with E-state index in [-0.39, 0.29) is 24.9 Å². The summed E-state index contributed by atoms with van der Waals surface area (Å²) in [4.78, 5) is 25.5. The number of hydrogen-bond acceptors (Lipinski definition) is 8. The van der Waals surface area contributed by atoms with Crippen molar-refractivity contribution in [1.29, 1.82) is 0 Å². The molecular formula is C21H24N4O4S2. The second-order valence-electron chi connectivity index (χ2n) is 6.40. The minimum absolute atomic E-state index is 0.136. The van der Waals surface area contributed by atoms with E-state index in [0.717, 1.165) is 10.6 Å². The largest absolute Gasteiger partial charge is 0.486 e. The molecule has 0 saturated carbocycles. The molecule has 1 amide bonds. The van der Waals surface area contributed by atoms with Crippen LogP contribution in [0.2, 0.25) is 0 Å². The summed E-state index contributed by atoms with van der Waals surface area (Å²) in [6, 6.07) is 11.2. The Morgan fingerprint density at radius 2 is 1.97 bits per heavy atom. The van der Waals surface area contributed by atoms with Gasteiger partial charge in [-0.3, -0.25) is 4.79 Å². The lowest BCUT2D eigenvalue weighted by atomic mass is 10.3. The number of para-hydroxylation sites is 1. The third kappa shape index (κ3) is 6.08. The monoisotopic (exact) mass is 460 g/mol. The molecule has 0 unspecified atom stereocenters. The van der Waals surface area contributed by atoms with Crippen LogP contribution in [0.25, 0.3) is 0 Å². The zero-order valence-electron chi connectivity index (χ0n) is 17.6. The highest BCUT2D eigenvalue weighted by Crippen LogP contribution is 2.29. The van der Waals surface area contributed by atoms with Gasteiger partial charge < -0.3 is 19.4 Å². The molecule has 164 valence electrons. The third-order valence-electron chi connectivity index (χ3n) is 4.16. The molecule has 10 heteroatoms. The second kappa shape index (κ2) is 11.0. The van der Waals surface area contributed by atoms with Gasteiger partial charge in [-0.05, 0) is 39.0 Å². The molecule has 0 aliphatic carbocycles. The van der Waals surface area contributed by atoms with E-state index >= 15 is 0 Å². The van der Waals surface area contributed by atoms with Gasteiger partial charge in [-0.15, -0.1) is 21.5 Å². The van der Waals surface area contributed by atoms with Crippen LogP contribution in [0.5, 0.6) is 5.75 Å². The second-order valence-corrected chi connectivity index (χ2v) is 8.60. The molecule has 2 aromatic heterocycles. The van der Waals surface area contributed by atoms with Gasteiger partial charge in [-0.1, -0.05) is 30.0 Å². The first-order valence-electron chi connectivity index (χ1n) is 9.81. The predicted octanol–water partition coefficient (Wildman–Crippen LogP) is 4.15. The van der Waals surface area contributed by atoms with Crippen molar-refractivity contribution in [2.45, 2.75) is 39.1 Å². The number of esters is 1. The fourth-order valence-corrected chi connectivity index (χ4v) is 4.51. The Bertz CT molecular complexity index is 1030. The van der Waals surface area contributed by atoms with Crippen LogP contribution >= 0.6 is 23.1 Å². The van der Waals surface area contributed by atoms with Crippen LogP contribution in [-0.4, -0.2) is 39.0 Å². The van der Waals surface area contributed by atoms with Crippen molar-refractivity contribution >= 4 is 40.0 Å². The number of carbonyl (C=O) groups excluding carboxylic acids is 2. The molecule has 0 saturated heterocycles. The highest BCUT2D eigenvalue weighted by atomic mass is 32.2. The van der Waals surface area contributed by atoms with Crippen molar-refractivity contribution in [3.63, 3.8) is 0 Å². The maximum absolute atomic E-state index is 12.5. The SMILES string of the molecule is CCOC(=O)c1cc(C)sc1NC(=O)CSc1nnc(COc2ccccc2)n1CC. The summed E-state index contributed by atoms with van der Waals surface area (Å²) in [5, 5.41) is 12.3. The number of rotatable bonds is 10. The normalized spacial score (nSPS) is 10.7. The van der Waals surface area contributed by atoms with E-state index in [1.807, 2.05) is 48.7 Å². The van der Waals surface area contributed by atoms with Gasteiger partial charge in [0.1, 0.15) is 17.4 Å². The Balaban J connectivity index is 1.59. The van der Waals surface area contributed by atoms with Gasteiger partial charge in [0, 0.05) is 11.4 Å². The van der Waals surface area contributed by atoms with Crippen LogP contribution in [0, 0.1) is 6.92 Å². The molecule has 0 aliphatic heterocycles. The van der Waals surface area contributed by atoms with Crippen molar-refractivity contribution in [2.75, 3.05) is 17.7 Å². The number of carbonyl (C=O) groups is 2. The number of nitrogens with one attached hydrogen (secondary N) is 1. The smallest absolute Gasteiger partial charge is 0.341 e. The third-order valence-corrected chi connectivity index (χ3v) is 6.09. The number of hydrogen-bond donors (Lipinski definition) is 1. The van der Waals surface area contributed by atoms with Gasteiger partial charge in [0.2, 0.25) is 5.91 Å². The number of benzene rings is 1. The van der Waals surface area contributed by atoms with E-state index in [4.69, 9.17) is 9.47 Å². The lowest BCUT2D eigenvalue weighted by Gasteiger charge is -2.09. The minimum atomic E-state index is -0.441. The first kappa shape index (κ1) is 22.8. The van der Waals surface area contributed by atoms with Crippen LogP contribution in [0.15, 0.2) is 41.6 Å². The van der Waals surface area contributed by atoms with Gasteiger partial charge in [-0.25, -0.2) is 4.79 Å². The van der Waals surface area contributed by atoms with E-state index in [2.05, 4.69) is 15.5 Å². The lowest BCUT2D eigenvalue weighted by Crippen LogP contribution is -2.16. The molecule has 1 N–H and O–H groups in total. The molecule has 1 aromatic carbocycles. The standard InChI is InChI=1S/C21H24N4O4S2/c1-4-25-17(12-29-15-9-7-6-8-10-15)23-24-21(25)30-13-18(26)22-19-16(11-14(3)31-19)20(27)28-5-2/h6-11H,4-5,12-13H2,1-3H3,(H,22,26). The molecule has 2 heterocycles. The summed E-state index contributed by atoms with van der Waals surface area (Å²) >= 11 is 2.63. The molecule has 3 aromatic rings. The molecule has 0 atom stereocenters. The number of aromatic nitrogens is 3. The van der Waals surface area contributed by atoms with Gasteiger partial charge >= 0.3 is 5.97 Å². The average molecular weight is 461 g/mol. The van der Waals surface area contributed by atoms with Crippen molar-refractivity contribution in [3.05, 3.63) is 52.7 Å². The molecule has 0 aliphatic rings. The maximum Gasteiger partial charge on any atom is 0.341 e. The minimum Gasteiger partial charge on any atom is -0.486 e. The lowest BCUT2D eigenvalue weighted by molar-refractivity contribution is -0.113.